The lowest BCUT2D eigenvalue weighted by Gasteiger charge is -2.20. The van der Waals surface area contributed by atoms with Crippen LogP contribution >= 0.6 is 0 Å². The lowest BCUT2D eigenvalue weighted by molar-refractivity contribution is 1.40. The van der Waals surface area contributed by atoms with Gasteiger partial charge in [-0.2, -0.15) is 0 Å². The second-order valence-corrected chi connectivity index (χ2v) is 18.5. The molecule has 13 rings (SSSR count). The van der Waals surface area contributed by atoms with Gasteiger partial charge >= 0.3 is 0 Å². The molecule has 0 unspecified atom stereocenters. The fourth-order valence-corrected chi connectivity index (χ4v) is 10.8. The highest BCUT2D eigenvalue weighted by atomic mass is 14.3. The zero-order chi connectivity index (χ0) is 50.4. The van der Waals surface area contributed by atoms with Gasteiger partial charge in [0.25, 0.3) is 0 Å². The van der Waals surface area contributed by atoms with E-state index in [1.165, 1.54) is 138 Å². The standard InChI is InChI=1S/C62H42.C7H8.2C2H6/c1-39-25-27-47(41-15-6-3-7-16-41)37-56(39)57-38-48(28-26-40(57)2)45-29-30-46-36-49(32-31-44(46)35-45)50-33-34-55-60-51(50)23-14-24-54(60)61-58(42-17-8-4-9-18-42)52-21-12-13-22-53(52)59(62(55)61)43-19-10-5-11-20-43;1-7-5-3-2-4-6-7;2*1-2/h3-38H,1-2H3;2-6H,1H3;2*1-2H3. The zero-order valence-corrected chi connectivity index (χ0v) is 43.2. The normalized spacial score (nSPS) is 10.9. The zero-order valence-electron chi connectivity index (χ0n) is 43.2. The van der Waals surface area contributed by atoms with E-state index in [0.717, 1.165) is 0 Å². The van der Waals surface area contributed by atoms with Crippen LogP contribution < -0.4 is 0 Å². The highest BCUT2D eigenvalue weighted by Crippen LogP contribution is 2.58. The molecule has 0 N–H and O–H groups in total. The summed E-state index contributed by atoms with van der Waals surface area (Å²) in [5.41, 5.74) is 24.2. The summed E-state index contributed by atoms with van der Waals surface area (Å²) in [6.07, 6.45) is 0. The number of rotatable bonds is 6. The molecule has 0 saturated carbocycles. The van der Waals surface area contributed by atoms with E-state index < -0.39 is 0 Å². The van der Waals surface area contributed by atoms with Gasteiger partial charge in [0, 0.05) is 0 Å². The molecule has 1 aliphatic carbocycles. The lowest BCUT2D eigenvalue weighted by Crippen LogP contribution is -1.93. The fraction of sp³-hybridized carbons (Fsp3) is 0.0959. The molecular weight excluding hydrogens is 877 g/mol. The summed E-state index contributed by atoms with van der Waals surface area (Å²) < 4.78 is 0. The highest BCUT2D eigenvalue weighted by molar-refractivity contribution is 6.28. The topological polar surface area (TPSA) is 0 Å². The monoisotopic (exact) mass is 938 g/mol. The Morgan fingerprint density at radius 3 is 1.11 bits per heavy atom. The van der Waals surface area contributed by atoms with Crippen LogP contribution in [0.15, 0.2) is 249 Å². The van der Waals surface area contributed by atoms with Crippen molar-refractivity contribution in [3.8, 4) is 89.0 Å². The summed E-state index contributed by atoms with van der Waals surface area (Å²) in [5, 5.41) is 7.66. The Balaban J connectivity index is 0.000000505. The van der Waals surface area contributed by atoms with Crippen molar-refractivity contribution in [3.05, 3.63) is 265 Å². The van der Waals surface area contributed by atoms with Gasteiger partial charge in [-0.05, 0) is 177 Å². The molecule has 0 heteroatoms. The van der Waals surface area contributed by atoms with Crippen LogP contribution in [0.25, 0.3) is 121 Å². The maximum Gasteiger partial charge on any atom is -0.000741 e. The predicted molar refractivity (Wildman–Crippen MR) is 319 cm³/mol. The van der Waals surface area contributed by atoms with Gasteiger partial charge in [0.15, 0.2) is 0 Å². The van der Waals surface area contributed by atoms with E-state index in [2.05, 4.69) is 251 Å². The van der Waals surface area contributed by atoms with E-state index in [1.54, 1.807) is 0 Å². The van der Waals surface area contributed by atoms with E-state index in [9.17, 15) is 0 Å². The van der Waals surface area contributed by atoms with Gasteiger partial charge in [-0.25, -0.2) is 0 Å². The van der Waals surface area contributed by atoms with E-state index in [-0.39, 0.29) is 0 Å². The number of benzene rings is 12. The van der Waals surface area contributed by atoms with Gasteiger partial charge in [0.1, 0.15) is 0 Å². The number of hydrogen-bond acceptors (Lipinski definition) is 0. The van der Waals surface area contributed by atoms with Crippen LogP contribution in [0.3, 0.4) is 0 Å². The Morgan fingerprint density at radius 2 is 0.603 bits per heavy atom. The van der Waals surface area contributed by atoms with Crippen LogP contribution in [-0.4, -0.2) is 0 Å². The van der Waals surface area contributed by atoms with Gasteiger partial charge in [-0.15, -0.1) is 0 Å². The summed E-state index contributed by atoms with van der Waals surface area (Å²) >= 11 is 0. The second kappa shape index (κ2) is 21.4. The minimum Gasteiger partial charge on any atom is -0.0683 e. The average Bonchev–Trinajstić information content (AvgIpc) is 3.79. The van der Waals surface area contributed by atoms with E-state index in [4.69, 9.17) is 0 Å². The molecule has 73 heavy (non-hydrogen) atoms. The van der Waals surface area contributed by atoms with Gasteiger partial charge < -0.3 is 0 Å². The van der Waals surface area contributed by atoms with Crippen molar-refractivity contribution in [2.24, 2.45) is 0 Å². The Kier molecular flexibility index (Phi) is 14.1. The molecule has 0 amide bonds. The first-order chi connectivity index (χ1) is 36.0. The molecule has 0 spiro atoms. The minimum absolute atomic E-state index is 1.22. The van der Waals surface area contributed by atoms with Crippen LogP contribution in [0, 0.1) is 20.8 Å². The third-order valence-corrected chi connectivity index (χ3v) is 14.2. The Labute approximate surface area is 432 Å². The minimum atomic E-state index is 1.22. The Bertz CT molecular complexity index is 3790. The smallest absolute Gasteiger partial charge is 0.000741 e. The molecule has 0 aromatic heterocycles. The fourth-order valence-electron chi connectivity index (χ4n) is 10.8. The summed E-state index contributed by atoms with van der Waals surface area (Å²) in [5.74, 6) is 0. The summed E-state index contributed by atoms with van der Waals surface area (Å²) in [6, 6.07) is 91.3. The molecule has 12 aromatic carbocycles. The van der Waals surface area contributed by atoms with Gasteiger partial charge in [0.05, 0.1) is 0 Å². The lowest BCUT2D eigenvalue weighted by atomic mass is 9.82. The van der Waals surface area contributed by atoms with Crippen LogP contribution in [-0.2, 0) is 0 Å². The molecule has 12 aromatic rings. The molecule has 0 saturated heterocycles. The van der Waals surface area contributed by atoms with Crippen molar-refractivity contribution >= 4 is 32.3 Å². The first kappa shape index (κ1) is 48.1. The first-order valence-corrected chi connectivity index (χ1v) is 26.1. The van der Waals surface area contributed by atoms with Crippen molar-refractivity contribution in [3.63, 3.8) is 0 Å². The van der Waals surface area contributed by atoms with Crippen LogP contribution in [0.1, 0.15) is 44.4 Å². The molecule has 0 heterocycles. The molecular formula is C73H62. The molecule has 0 bridgehead atoms. The van der Waals surface area contributed by atoms with Gasteiger partial charge in [-0.1, -0.05) is 258 Å². The summed E-state index contributed by atoms with van der Waals surface area (Å²) in [6.45, 7) is 14.5. The van der Waals surface area contributed by atoms with Crippen molar-refractivity contribution < 1.29 is 0 Å². The third kappa shape index (κ3) is 9.18. The predicted octanol–water partition coefficient (Wildman–Crippen LogP) is 21.5. The third-order valence-electron chi connectivity index (χ3n) is 14.2. The SMILES string of the molecule is CC.CC.Cc1ccc(-c2ccccc2)cc1-c1cc(-c2ccc3cc(-c4ccc5c6c(cccc46)-c4c-5c(-c5ccccc5)c5ccccc5c4-c4ccccc4)ccc3c2)ccc1C.Cc1ccccc1. The number of fused-ring (bicyclic) bond motifs is 5. The van der Waals surface area contributed by atoms with Crippen LogP contribution in [0.5, 0.6) is 0 Å². The summed E-state index contributed by atoms with van der Waals surface area (Å²) in [4.78, 5) is 0. The summed E-state index contributed by atoms with van der Waals surface area (Å²) in [7, 11) is 0. The maximum atomic E-state index is 2.39. The van der Waals surface area contributed by atoms with Crippen molar-refractivity contribution in [1.29, 1.82) is 0 Å². The number of hydrogen-bond donors (Lipinski definition) is 0. The Morgan fingerprint density at radius 1 is 0.219 bits per heavy atom. The van der Waals surface area contributed by atoms with Gasteiger partial charge in [0.2, 0.25) is 0 Å². The quantitative estimate of drug-likeness (QED) is 0.156. The molecule has 0 aliphatic heterocycles. The number of aryl methyl sites for hydroxylation is 3. The molecule has 0 atom stereocenters. The van der Waals surface area contributed by atoms with Gasteiger partial charge in [-0.3, -0.25) is 0 Å². The highest BCUT2D eigenvalue weighted by Gasteiger charge is 2.31. The Hall–Kier alpha value is -8.58. The first-order valence-electron chi connectivity index (χ1n) is 26.1. The second-order valence-electron chi connectivity index (χ2n) is 18.5. The van der Waals surface area contributed by atoms with Crippen molar-refractivity contribution in [2.45, 2.75) is 48.5 Å². The van der Waals surface area contributed by atoms with Crippen LogP contribution in [0.4, 0.5) is 0 Å². The molecule has 354 valence electrons. The van der Waals surface area contributed by atoms with E-state index >= 15 is 0 Å². The molecule has 0 nitrogen and oxygen atoms in total. The van der Waals surface area contributed by atoms with E-state index in [1.807, 2.05) is 45.9 Å². The molecule has 1 aliphatic rings. The average molecular weight is 939 g/mol. The maximum absolute atomic E-state index is 2.39. The largest absolute Gasteiger partial charge is 0.0683 e. The molecule has 0 radical (unpaired) electrons. The van der Waals surface area contributed by atoms with Crippen molar-refractivity contribution in [1.82, 2.24) is 0 Å². The van der Waals surface area contributed by atoms with Crippen molar-refractivity contribution in [2.75, 3.05) is 0 Å². The van der Waals surface area contributed by atoms with Crippen LogP contribution in [0.2, 0.25) is 0 Å². The van der Waals surface area contributed by atoms with E-state index in [0.29, 0.717) is 0 Å². The molecule has 0 fully saturated rings.